The van der Waals surface area contributed by atoms with Crippen molar-refractivity contribution in [1.82, 2.24) is 0 Å². The molecule has 0 radical (unpaired) electrons. The van der Waals surface area contributed by atoms with Gasteiger partial charge in [-0.05, 0) is 49.2 Å². The first kappa shape index (κ1) is 18.6. The van der Waals surface area contributed by atoms with Crippen LogP contribution in [0.4, 0.5) is 20.2 Å². The molecule has 1 aliphatic rings. The van der Waals surface area contributed by atoms with Crippen LogP contribution in [-0.2, 0) is 20.0 Å². The number of rotatable bonds is 4. The Bertz CT molecular complexity index is 1070. The number of halogens is 2. The molecule has 140 valence electrons. The van der Waals surface area contributed by atoms with Gasteiger partial charge >= 0.3 is 0 Å². The Morgan fingerprint density at radius 3 is 2.42 bits per heavy atom. The summed E-state index contributed by atoms with van der Waals surface area (Å²) in [6, 6.07) is 6.62. The van der Waals surface area contributed by atoms with Crippen LogP contribution in [0, 0.1) is 18.6 Å². The van der Waals surface area contributed by atoms with Crippen molar-refractivity contribution in [3.8, 4) is 0 Å². The van der Waals surface area contributed by atoms with Crippen molar-refractivity contribution in [3.05, 3.63) is 53.6 Å². The molecule has 1 heterocycles. The normalized spacial score (nSPS) is 16.7. The van der Waals surface area contributed by atoms with E-state index in [1.807, 2.05) is 0 Å². The molecule has 0 spiro atoms. The van der Waals surface area contributed by atoms with Crippen molar-refractivity contribution >= 4 is 31.4 Å². The summed E-state index contributed by atoms with van der Waals surface area (Å²) < 4.78 is 78.9. The number of hydrogen-bond acceptors (Lipinski definition) is 4. The third-order valence-corrected chi connectivity index (χ3v) is 7.29. The molecule has 0 bridgehead atoms. The fourth-order valence-electron chi connectivity index (χ4n) is 2.74. The summed E-state index contributed by atoms with van der Waals surface area (Å²) in [4.78, 5) is -0.676. The summed E-state index contributed by atoms with van der Waals surface area (Å²) in [6.07, 6.45) is 0.527. The number of hydrogen-bond donors (Lipinski definition) is 1. The van der Waals surface area contributed by atoms with E-state index in [9.17, 15) is 25.6 Å². The van der Waals surface area contributed by atoms with Crippen molar-refractivity contribution in [1.29, 1.82) is 0 Å². The second-order valence-corrected chi connectivity index (χ2v) is 9.58. The summed E-state index contributed by atoms with van der Waals surface area (Å²) in [5, 5.41) is 0. The first-order valence-corrected chi connectivity index (χ1v) is 10.8. The van der Waals surface area contributed by atoms with Crippen molar-refractivity contribution in [3.63, 3.8) is 0 Å². The lowest BCUT2D eigenvalue weighted by atomic mass is 10.2. The van der Waals surface area contributed by atoms with Crippen molar-refractivity contribution in [2.45, 2.75) is 18.2 Å². The lowest BCUT2D eigenvalue weighted by Gasteiger charge is -2.19. The monoisotopic (exact) mass is 402 g/mol. The van der Waals surface area contributed by atoms with E-state index < -0.39 is 36.6 Å². The number of anilines is 2. The molecule has 3 rings (SSSR count). The van der Waals surface area contributed by atoms with Gasteiger partial charge in [0.05, 0.1) is 17.1 Å². The molecule has 0 saturated carbocycles. The molecule has 0 aliphatic carbocycles. The largest absolute Gasteiger partial charge is 0.279 e. The summed E-state index contributed by atoms with van der Waals surface area (Å²) in [6.45, 7) is 1.97. The maximum atomic E-state index is 13.8. The average Bonchev–Trinajstić information content (AvgIpc) is 2.88. The highest BCUT2D eigenvalue weighted by molar-refractivity contribution is 7.93. The molecular formula is C16H16F2N2O4S2. The first-order chi connectivity index (χ1) is 12.1. The third kappa shape index (κ3) is 3.51. The number of nitrogens with one attached hydrogen (secondary N) is 1. The van der Waals surface area contributed by atoms with Gasteiger partial charge in [0, 0.05) is 12.6 Å². The standard InChI is InChI=1S/C16H16F2N2O4S2/c1-11-9-13(20-7-2-8-25(20,21)22)4-5-15(11)19-26(23,24)16-6-3-12(17)10-14(16)18/h3-6,9-10,19H,2,7-8H2,1H3. The average molecular weight is 402 g/mol. The zero-order chi connectivity index (χ0) is 19.1. The van der Waals surface area contributed by atoms with Crippen LogP contribution in [0.25, 0.3) is 0 Å². The van der Waals surface area contributed by atoms with E-state index in [1.54, 1.807) is 13.0 Å². The van der Waals surface area contributed by atoms with Gasteiger partial charge in [-0.2, -0.15) is 0 Å². The van der Waals surface area contributed by atoms with Crippen molar-refractivity contribution < 1.29 is 25.6 Å². The van der Waals surface area contributed by atoms with E-state index in [0.29, 0.717) is 30.3 Å². The van der Waals surface area contributed by atoms with Crippen molar-refractivity contribution in [2.24, 2.45) is 0 Å². The molecule has 1 aliphatic heterocycles. The van der Waals surface area contributed by atoms with Gasteiger partial charge in [0.15, 0.2) is 0 Å². The predicted molar refractivity (Wildman–Crippen MR) is 94.1 cm³/mol. The summed E-state index contributed by atoms with van der Waals surface area (Å²) in [7, 11) is -7.61. The molecule has 2 aromatic rings. The molecule has 10 heteroatoms. The molecule has 1 saturated heterocycles. The summed E-state index contributed by atoms with van der Waals surface area (Å²) >= 11 is 0. The molecule has 0 atom stereocenters. The lowest BCUT2D eigenvalue weighted by Crippen LogP contribution is -2.25. The molecule has 0 aromatic heterocycles. The molecule has 1 fully saturated rings. The number of aryl methyl sites for hydroxylation is 1. The van der Waals surface area contributed by atoms with E-state index in [1.165, 1.54) is 16.4 Å². The Hall–Kier alpha value is -2.20. The minimum absolute atomic E-state index is 0.0737. The van der Waals surface area contributed by atoms with Gasteiger partial charge in [0.25, 0.3) is 10.0 Å². The lowest BCUT2D eigenvalue weighted by molar-refractivity contribution is 0.551. The number of nitrogens with zero attached hydrogens (tertiary/aromatic N) is 1. The maximum absolute atomic E-state index is 13.8. The second-order valence-electron chi connectivity index (χ2n) is 5.92. The third-order valence-electron chi connectivity index (χ3n) is 4.03. The van der Waals surface area contributed by atoms with Gasteiger partial charge in [-0.25, -0.2) is 25.6 Å². The highest BCUT2D eigenvalue weighted by Gasteiger charge is 2.29. The molecule has 0 amide bonds. The van der Waals surface area contributed by atoms with Crippen LogP contribution in [0.2, 0.25) is 0 Å². The van der Waals surface area contributed by atoms with E-state index in [2.05, 4.69) is 4.72 Å². The van der Waals surface area contributed by atoms with Crippen LogP contribution in [0.1, 0.15) is 12.0 Å². The van der Waals surface area contributed by atoms with Crippen LogP contribution < -0.4 is 9.03 Å². The van der Waals surface area contributed by atoms with Gasteiger partial charge in [-0.3, -0.25) is 9.03 Å². The van der Waals surface area contributed by atoms with Crippen LogP contribution in [0.3, 0.4) is 0 Å². The Morgan fingerprint density at radius 1 is 1.12 bits per heavy atom. The smallest absolute Gasteiger partial charge is 0.264 e. The molecule has 26 heavy (non-hydrogen) atoms. The second kappa shape index (κ2) is 6.51. The highest BCUT2D eigenvalue weighted by atomic mass is 32.2. The van der Waals surface area contributed by atoms with Gasteiger partial charge in [-0.15, -0.1) is 0 Å². The van der Waals surface area contributed by atoms with E-state index >= 15 is 0 Å². The number of benzene rings is 2. The molecule has 2 aromatic carbocycles. The zero-order valence-corrected chi connectivity index (χ0v) is 15.4. The zero-order valence-electron chi connectivity index (χ0n) is 13.7. The predicted octanol–water partition coefficient (Wildman–Crippen LogP) is 2.61. The quantitative estimate of drug-likeness (QED) is 0.852. The van der Waals surface area contributed by atoms with Crippen LogP contribution in [0.15, 0.2) is 41.3 Å². The maximum Gasteiger partial charge on any atom is 0.264 e. The van der Waals surface area contributed by atoms with E-state index in [4.69, 9.17) is 0 Å². The van der Waals surface area contributed by atoms with Crippen LogP contribution in [-0.4, -0.2) is 29.1 Å². The van der Waals surface area contributed by atoms with Gasteiger partial charge < -0.3 is 0 Å². The van der Waals surface area contributed by atoms with E-state index in [-0.39, 0.29) is 11.4 Å². The van der Waals surface area contributed by atoms with Gasteiger partial charge in [-0.1, -0.05) is 0 Å². The topological polar surface area (TPSA) is 83.6 Å². The van der Waals surface area contributed by atoms with Crippen LogP contribution in [0.5, 0.6) is 0 Å². The first-order valence-electron chi connectivity index (χ1n) is 7.69. The Morgan fingerprint density at radius 2 is 1.85 bits per heavy atom. The molecule has 0 unspecified atom stereocenters. The van der Waals surface area contributed by atoms with Crippen molar-refractivity contribution in [2.75, 3.05) is 21.3 Å². The SMILES string of the molecule is Cc1cc(N2CCCS2(=O)=O)ccc1NS(=O)(=O)c1ccc(F)cc1F. The summed E-state index contributed by atoms with van der Waals surface area (Å²) in [5.74, 6) is -2.01. The molecule has 6 nitrogen and oxygen atoms in total. The number of sulfonamides is 2. The minimum Gasteiger partial charge on any atom is -0.279 e. The molecular weight excluding hydrogens is 386 g/mol. The fourth-order valence-corrected chi connectivity index (χ4v) is 5.49. The Kier molecular flexibility index (Phi) is 4.65. The van der Waals surface area contributed by atoms with E-state index in [0.717, 1.165) is 12.1 Å². The van der Waals surface area contributed by atoms with Crippen LogP contribution >= 0.6 is 0 Å². The summed E-state index contributed by atoms with van der Waals surface area (Å²) in [5.41, 5.74) is 1.08. The minimum atomic E-state index is -4.26. The fraction of sp³-hybridized carbons (Fsp3) is 0.250. The Labute approximate surface area is 150 Å². The molecule has 1 N–H and O–H groups in total. The van der Waals surface area contributed by atoms with Gasteiger partial charge in [0.2, 0.25) is 10.0 Å². The highest BCUT2D eigenvalue weighted by Crippen LogP contribution is 2.29. The Balaban J connectivity index is 1.91. The van der Waals surface area contributed by atoms with Gasteiger partial charge in [0.1, 0.15) is 16.5 Å².